The zero-order chi connectivity index (χ0) is 15.2. The molecule has 0 amide bonds. The third kappa shape index (κ3) is 5.22. The Kier molecular flexibility index (Phi) is 6.64. The van der Waals surface area contributed by atoms with E-state index in [9.17, 15) is 13.2 Å². The molecule has 1 unspecified atom stereocenters. The molecule has 0 radical (unpaired) electrons. The average molecular weight is 323 g/mol. The van der Waals surface area contributed by atoms with Crippen molar-refractivity contribution in [2.24, 2.45) is 0 Å². The summed E-state index contributed by atoms with van der Waals surface area (Å²) in [5.74, 6) is 0. The van der Waals surface area contributed by atoms with E-state index in [2.05, 4.69) is 5.32 Å². The smallest absolute Gasteiger partial charge is 0.387 e. The van der Waals surface area contributed by atoms with E-state index < -0.39 is 16.3 Å². The van der Waals surface area contributed by atoms with Gasteiger partial charge >= 0.3 is 5.51 Å². The van der Waals surface area contributed by atoms with Crippen LogP contribution in [-0.4, -0.2) is 17.9 Å². The lowest BCUT2D eigenvalue weighted by molar-refractivity contribution is -0.0373. The normalized spacial score (nSPS) is 14.4. The van der Waals surface area contributed by atoms with Crippen LogP contribution < -0.4 is 5.32 Å². The summed E-state index contributed by atoms with van der Waals surface area (Å²) < 4.78 is 42.3. The van der Waals surface area contributed by atoms with Crippen LogP contribution in [0, 0.1) is 6.92 Å². The van der Waals surface area contributed by atoms with Crippen molar-refractivity contribution in [2.75, 3.05) is 7.05 Å². The second-order valence-corrected chi connectivity index (χ2v) is 6.29. The predicted molar refractivity (Wildman–Crippen MR) is 82.3 cm³/mol. The first-order valence-corrected chi connectivity index (χ1v) is 7.78. The molecule has 0 saturated heterocycles. The molecule has 0 saturated carbocycles. The van der Waals surface area contributed by atoms with Crippen molar-refractivity contribution >= 4 is 33.9 Å². The van der Waals surface area contributed by atoms with Crippen LogP contribution in [0.2, 0.25) is 0 Å². The van der Waals surface area contributed by atoms with Gasteiger partial charge in [-0.1, -0.05) is 29.8 Å². The molecule has 1 aromatic carbocycles. The highest BCUT2D eigenvalue weighted by Crippen LogP contribution is 2.41. The van der Waals surface area contributed by atoms with Crippen molar-refractivity contribution < 1.29 is 16.8 Å². The van der Waals surface area contributed by atoms with E-state index in [1.807, 2.05) is 31.2 Å². The van der Waals surface area contributed by atoms with Gasteiger partial charge in [0.2, 0.25) is 0 Å². The molecule has 0 bridgehead atoms. The highest BCUT2D eigenvalue weighted by Gasteiger charge is 2.33. The predicted octanol–water partition coefficient (Wildman–Crippen LogP) is 4.70. The van der Waals surface area contributed by atoms with Crippen LogP contribution in [-0.2, 0) is 3.63 Å². The fourth-order valence-electron chi connectivity index (χ4n) is 1.33. The van der Waals surface area contributed by atoms with Gasteiger partial charge in [-0.25, -0.2) is 3.63 Å². The number of nitrogens with one attached hydrogen (secondary N) is 1. The van der Waals surface area contributed by atoms with Crippen LogP contribution in [0.3, 0.4) is 0 Å². The fraction of sp³-hybridized carbons (Fsp3) is 0.308. The Balaban J connectivity index is 2.74. The van der Waals surface area contributed by atoms with Gasteiger partial charge < -0.3 is 5.32 Å². The second-order valence-electron chi connectivity index (χ2n) is 3.79. The van der Waals surface area contributed by atoms with Crippen molar-refractivity contribution in [3.63, 3.8) is 0 Å². The Labute approximate surface area is 123 Å². The Morgan fingerprint density at radius 1 is 1.30 bits per heavy atom. The molecule has 0 fully saturated rings. The summed E-state index contributed by atoms with van der Waals surface area (Å²) in [6, 6.07) is 7.67. The standard InChI is InChI=1S/C13H16F3NOS2/c1-4-20(13(14,15)16)18-19-9-12(17-3)11-7-5-10(2)6-8-11/h4-9,17H,1-3H3/b12-9-. The van der Waals surface area contributed by atoms with Gasteiger partial charge in [0.05, 0.1) is 10.8 Å². The van der Waals surface area contributed by atoms with E-state index in [1.54, 1.807) is 7.05 Å². The molecule has 0 aromatic heterocycles. The monoisotopic (exact) mass is 323 g/mol. The Morgan fingerprint density at radius 3 is 2.35 bits per heavy atom. The van der Waals surface area contributed by atoms with Gasteiger partial charge in [-0.3, -0.25) is 0 Å². The van der Waals surface area contributed by atoms with Crippen LogP contribution in [0.15, 0.2) is 29.7 Å². The summed E-state index contributed by atoms with van der Waals surface area (Å²) in [5, 5.41) is 5.47. The molecule has 20 heavy (non-hydrogen) atoms. The quantitative estimate of drug-likeness (QED) is 0.627. The minimum absolute atomic E-state index is 0.681. The van der Waals surface area contributed by atoms with Gasteiger partial charge in [-0.2, -0.15) is 13.2 Å². The number of hydrogen-bond donors (Lipinski definition) is 1. The summed E-state index contributed by atoms with van der Waals surface area (Å²) in [6.45, 7) is 3.30. The van der Waals surface area contributed by atoms with Crippen molar-refractivity contribution in [1.29, 1.82) is 0 Å². The molecule has 7 heteroatoms. The molecule has 0 heterocycles. The van der Waals surface area contributed by atoms with Gasteiger partial charge in [-0.15, -0.1) is 0 Å². The molecule has 112 valence electrons. The lowest BCUT2D eigenvalue weighted by atomic mass is 10.1. The molecule has 0 aliphatic carbocycles. The van der Waals surface area contributed by atoms with Gasteiger partial charge in [0.1, 0.15) is 0 Å². The number of benzene rings is 1. The lowest BCUT2D eigenvalue weighted by Crippen LogP contribution is -2.05. The Hall–Kier alpha value is -0.920. The van der Waals surface area contributed by atoms with E-state index >= 15 is 0 Å². The van der Waals surface area contributed by atoms with Crippen LogP contribution in [0.25, 0.3) is 5.70 Å². The van der Waals surface area contributed by atoms with E-state index in [1.165, 1.54) is 12.3 Å². The van der Waals surface area contributed by atoms with Crippen molar-refractivity contribution in [1.82, 2.24) is 5.32 Å². The van der Waals surface area contributed by atoms with E-state index in [-0.39, 0.29) is 0 Å². The zero-order valence-corrected chi connectivity index (χ0v) is 13.0. The third-order valence-electron chi connectivity index (χ3n) is 2.35. The number of aryl methyl sites for hydroxylation is 1. The summed E-state index contributed by atoms with van der Waals surface area (Å²) >= 11 is 0.681. The summed E-state index contributed by atoms with van der Waals surface area (Å²) in [4.78, 5) is 0. The SMILES string of the molecule is C/C=S(\OS/C=C(\NC)c1ccc(C)cc1)C(F)(F)F. The molecular formula is C13H16F3NOS2. The fourth-order valence-corrected chi connectivity index (χ4v) is 3.06. The molecule has 0 aliphatic rings. The Bertz CT molecular complexity index is 495. The maximum atomic E-state index is 12.5. The number of halogens is 3. The summed E-state index contributed by atoms with van der Waals surface area (Å²) in [5.41, 5.74) is -1.65. The van der Waals surface area contributed by atoms with E-state index in [0.29, 0.717) is 17.7 Å². The zero-order valence-electron chi connectivity index (χ0n) is 11.3. The first-order valence-electron chi connectivity index (χ1n) is 5.76. The molecular weight excluding hydrogens is 307 g/mol. The maximum absolute atomic E-state index is 12.5. The first-order chi connectivity index (χ1) is 9.38. The molecule has 0 aliphatic heterocycles. The van der Waals surface area contributed by atoms with Gasteiger partial charge in [0.15, 0.2) is 0 Å². The molecule has 1 rings (SSSR count). The van der Waals surface area contributed by atoms with Crippen LogP contribution in [0.4, 0.5) is 13.2 Å². The van der Waals surface area contributed by atoms with Crippen LogP contribution in [0.5, 0.6) is 0 Å². The molecule has 2 nitrogen and oxygen atoms in total. The highest BCUT2D eigenvalue weighted by atomic mass is 32.3. The lowest BCUT2D eigenvalue weighted by Gasteiger charge is -2.11. The third-order valence-corrected chi connectivity index (χ3v) is 4.47. The van der Waals surface area contributed by atoms with E-state index in [0.717, 1.165) is 16.5 Å². The minimum atomic E-state index is -4.36. The first kappa shape index (κ1) is 17.1. The van der Waals surface area contributed by atoms with E-state index in [4.69, 9.17) is 3.63 Å². The van der Waals surface area contributed by atoms with Gasteiger partial charge in [0, 0.05) is 30.2 Å². The Morgan fingerprint density at radius 2 is 1.90 bits per heavy atom. The van der Waals surface area contributed by atoms with Gasteiger partial charge in [0.25, 0.3) is 0 Å². The number of alkyl halides is 3. The highest BCUT2D eigenvalue weighted by molar-refractivity contribution is 8.19. The number of hydrogen-bond acceptors (Lipinski definition) is 3. The maximum Gasteiger partial charge on any atom is 0.461 e. The average Bonchev–Trinajstić information content (AvgIpc) is 2.39. The minimum Gasteiger partial charge on any atom is -0.387 e. The summed E-state index contributed by atoms with van der Waals surface area (Å²) in [7, 11) is -0.452. The second kappa shape index (κ2) is 7.75. The number of rotatable bonds is 5. The van der Waals surface area contributed by atoms with Crippen LogP contribution >= 0.6 is 22.8 Å². The molecule has 1 N–H and O–H groups in total. The van der Waals surface area contributed by atoms with Crippen molar-refractivity contribution in [2.45, 2.75) is 19.4 Å². The molecule has 1 atom stereocenters. The topological polar surface area (TPSA) is 21.3 Å². The van der Waals surface area contributed by atoms with Crippen molar-refractivity contribution in [3.05, 3.63) is 40.8 Å². The van der Waals surface area contributed by atoms with Gasteiger partial charge in [-0.05, 0) is 24.8 Å². The largest absolute Gasteiger partial charge is 0.461 e. The molecule has 1 aromatic rings. The molecule has 0 spiro atoms. The summed E-state index contributed by atoms with van der Waals surface area (Å²) in [6.07, 6.45) is 0. The van der Waals surface area contributed by atoms with Crippen molar-refractivity contribution in [3.8, 4) is 0 Å². The van der Waals surface area contributed by atoms with Crippen LogP contribution in [0.1, 0.15) is 18.1 Å².